The van der Waals surface area contributed by atoms with Gasteiger partial charge in [0.05, 0.1) is 28.8 Å². The minimum atomic E-state index is -0.547. The van der Waals surface area contributed by atoms with E-state index in [0.29, 0.717) is 42.3 Å². The van der Waals surface area contributed by atoms with E-state index >= 15 is 0 Å². The average Bonchev–Trinajstić information content (AvgIpc) is 3.13. The molecule has 1 aromatic carbocycles. The van der Waals surface area contributed by atoms with E-state index in [1.807, 2.05) is 31.2 Å². The number of carbonyl (C=O) groups excluding carboxylic acids is 2. The molecule has 0 unspecified atom stereocenters. The number of primary amides is 1. The van der Waals surface area contributed by atoms with E-state index in [1.54, 1.807) is 25.0 Å². The fraction of sp³-hybridized carbons (Fsp3) is 0.318. The number of carbonyl (C=O) groups is 2. The minimum absolute atomic E-state index is 0.117. The molecule has 1 atom stereocenters. The molecule has 0 radical (unpaired) electrons. The Kier molecular flexibility index (Phi) is 5.87. The molecule has 2 aromatic heterocycles. The molecule has 3 aromatic rings. The highest BCUT2D eigenvalue weighted by atomic mass is 16.2. The first kappa shape index (κ1) is 21.4. The van der Waals surface area contributed by atoms with Crippen molar-refractivity contribution in [3.05, 3.63) is 47.3 Å². The van der Waals surface area contributed by atoms with Gasteiger partial charge in [-0.3, -0.25) is 14.3 Å². The lowest BCUT2D eigenvalue weighted by Gasteiger charge is -2.19. The zero-order valence-electron chi connectivity index (χ0n) is 18.3. The monoisotopic (exact) mass is 434 g/mol. The van der Waals surface area contributed by atoms with E-state index in [1.165, 1.54) is 0 Å². The Morgan fingerprint density at radius 1 is 1.22 bits per heavy atom. The number of rotatable bonds is 7. The van der Waals surface area contributed by atoms with Crippen LogP contribution in [-0.4, -0.2) is 44.7 Å². The van der Waals surface area contributed by atoms with Crippen molar-refractivity contribution in [2.75, 3.05) is 17.7 Å². The molecule has 32 heavy (non-hydrogen) atoms. The van der Waals surface area contributed by atoms with Gasteiger partial charge in [0.2, 0.25) is 11.9 Å². The van der Waals surface area contributed by atoms with Crippen molar-refractivity contribution >= 4 is 29.1 Å². The molecule has 0 aliphatic heterocycles. The van der Waals surface area contributed by atoms with Crippen LogP contribution in [0.15, 0.2) is 30.5 Å². The van der Waals surface area contributed by atoms with Crippen molar-refractivity contribution in [2.45, 2.75) is 32.2 Å². The van der Waals surface area contributed by atoms with Crippen molar-refractivity contribution in [1.82, 2.24) is 25.1 Å². The Bertz CT molecular complexity index is 1180. The lowest BCUT2D eigenvalue weighted by molar-refractivity contribution is -0.118. The molecular weight excluding hydrogens is 408 g/mol. The van der Waals surface area contributed by atoms with Crippen molar-refractivity contribution in [1.29, 1.82) is 0 Å². The van der Waals surface area contributed by atoms with Crippen LogP contribution >= 0.6 is 0 Å². The maximum Gasteiger partial charge on any atom is 0.269 e. The summed E-state index contributed by atoms with van der Waals surface area (Å²) in [5, 5.41) is 13.4. The van der Waals surface area contributed by atoms with Gasteiger partial charge in [-0.05, 0) is 44.0 Å². The van der Waals surface area contributed by atoms with E-state index in [9.17, 15) is 9.59 Å². The number of nitrogens with zero attached hydrogens (tertiary/aromatic N) is 4. The fourth-order valence-corrected chi connectivity index (χ4v) is 3.98. The molecule has 0 fully saturated rings. The third-order valence-electron chi connectivity index (χ3n) is 5.62. The Balaban J connectivity index is 1.65. The predicted octanol–water partition coefficient (Wildman–Crippen LogP) is 1.75. The van der Waals surface area contributed by atoms with Crippen LogP contribution in [0.3, 0.4) is 0 Å². The quantitative estimate of drug-likeness (QED) is 0.444. The lowest BCUT2D eigenvalue weighted by Crippen LogP contribution is -2.37. The Labute approximate surface area is 185 Å². The number of likely N-dealkylation sites (N-methyl/N-ethyl adjacent to an activating group) is 1. The van der Waals surface area contributed by atoms with Crippen molar-refractivity contribution in [3.63, 3.8) is 0 Å². The first-order chi connectivity index (χ1) is 15.4. The molecule has 10 nitrogen and oxygen atoms in total. The fourth-order valence-electron chi connectivity index (χ4n) is 3.98. The molecule has 2 heterocycles. The number of anilines is 3. The lowest BCUT2D eigenvalue weighted by atomic mass is 9.93. The summed E-state index contributed by atoms with van der Waals surface area (Å²) in [6.07, 6.45) is 3.80. The summed E-state index contributed by atoms with van der Waals surface area (Å²) in [6, 6.07) is 7.09. The number of nitrogens with two attached hydrogens (primary N) is 1. The second-order valence-electron chi connectivity index (χ2n) is 7.64. The zero-order valence-corrected chi connectivity index (χ0v) is 18.3. The summed E-state index contributed by atoms with van der Waals surface area (Å²) >= 11 is 0. The molecule has 0 saturated carbocycles. The van der Waals surface area contributed by atoms with Gasteiger partial charge in [0, 0.05) is 18.8 Å². The van der Waals surface area contributed by atoms with E-state index in [0.717, 1.165) is 16.8 Å². The molecule has 166 valence electrons. The molecular formula is C22H26N8O2. The first-order valence-corrected chi connectivity index (χ1v) is 10.5. The normalized spacial score (nSPS) is 13.1. The van der Waals surface area contributed by atoms with Crippen molar-refractivity contribution in [3.8, 4) is 11.4 Å². The number of nitrogens with one attached hydrogen (secondary N) is 3. The molecule has 5 N–H and O–H groups in total. The average molecular weight is 435 g/mol. The summed E-state index contributed by atoms with van der Waals surface area (Å²) in [6.45, 7) is 1.95. The van der Waals surface area contributed by atoms with Crippen molar-refractivity contribution < 1.29 is 9.59 Å². The van der Waals surface area contributed by atoms with Crippen LogP contribution in [-0.2, 0) is 24.7 Å². The number of para-hydroxylation sites is 2. The Morgan fingerprint density at radius 3 is 2.66 bits per heavy atom. The summed E-state index contributed by atoms with van der Waals surface area (Å²) in [7, 11) is 3.53. The van der Waals surface area contributed by atoms with Crippen LogP contribution in [0.2, 0.25) is 0 Å². The Hall–Kier alpha value is -3.79. The highest BCUT2D eigenvalue weighted by Gasteiger charge is 2.28. The molecule has 4 rings (SSSR count). The van der Waals surface area contributed by atoms with Gasteiger partial charge in [0.25, 0.3) is 5.91 Å². The van der Waals surface area contributed by atoms with E-state index in [4.69, 9.17) is 10.7 Å². The van der Waals surface area contributed by atoms with Gasteiger partial charge < -0.3 is 21.7 Å². The van der Waals surface area contributed by atoms with Crippen LogP contribution in [0.5, 0.6) is 0 Å². The van der Waals surface area contributed by atoms with E-state index in [2.05, 4.69) is 26.0 Å². The zero-order chi connectivity index (χ0) is 22.8. The largest absolute Gasteiger partial charge is 0.364 e. The van der Waals surface area contributed by atoms with Gasteiger partial charge in [-0.2, -0.15) is 5.10 Å². The number of hydrogen-bond donors (Lipinski definition) is 4. The van der Waals surface area contributed by atoms with Crippen LogP contribution in [0.4, 0.5) is 17.3 Å². The van der Waals surface area contributed by atoms with Gasteiger partial charge in [0.15, 0.2) is 5.69 Å². The summed E-state index contributed by atoms with van der Waals surface area (Å²) in [5.74, 6) is -0.288. The Morgan fingerprint density at radius 2 is 1.97 bits per heavy atom. The van der Waals surface area contributed by atoms with Crippen LogP contribution in [0, 0.1) is 0 Å². The van der Waals surface area contributed by atoms with Crippen LogP contribution < -0.4 is 21.7 Å². The summed E-state index contributed by atoms with van der Waals surface area (Å²) < 4.78 is 1.64. The van der Waals surface area contributed by atoms with Crippen LogP contribution in [0.25, 0.3) is 11.4 Å². The van der Waals surface area contributed by atoms with Gasteiger partial charge in [-0.15, -0.1) is 0 Å². The third-order valence-corrected chi connectivity index (χ3v) is 5.62. The first-order valence-electron chi connectivity index (χ1n) is 10.5. The molecule has 1 aliphatic carbocycles. The summed E-state index contributed by atoms with van der Waals surface area (Å²) in [5.41, 5.74) is 10.4. The topological polar surface area (TPSA) is 140 Å². The number of amides is 2. The number of benzene rings is 1. The number of fused-ring (bicyclic) bond motifs is 3. The molecule has 1 aliphatic rings. The van der Waals surface area contributed by atoms with E-state index < -0.39 is 5.91 Å². The maximum atomic E-state index is 12.5. The maximum absolute atomic E-state index is 12.5. The van der Waals surface area contributed by atoms with E-state index in [-0.39, 0.29) is 17.6 Å². The molecule has 0 saturated heterocycles. The highest BCUT2D eigenvalue weighted by Crippen LogP contribution is 2.34. The molecule has 0 bridgehead atoms. The third kappa shape index (κ3) is 3.92. The molecule has 10 heteroatoms. The second-order valence-corrected chi connectivity index (χ2v) is 7.64. The summed E-state index contributed by atoms with van der Waals surface area (Å²) in [4.78, 5) is 33.5. The highest BCUT2D eigenvalue weighted by molar-refractivity contribution is 5.98. The SMILES string of the molecule is CC[C@H](NC)C(=O)Nc1ccccc1Nc1ncc2c(n1)-c1c(c(C(N)=O)nn1C)CC2. The second kappa shape index (κ2) is 8.75. The smallest absolute Gasteiger partial charge is 0.269 e. The predicted molar refractivity (Wildman–Crippen MR) is 122 cm³/mol. The van der Waals surface area contributed by atoms with Gasteiger partial charge in [0.1, 0.15) is 0 Å². The molecule has 0 spiro atoms. The van der Waals surface area contributed by atoms with Gasteiger partial charge in [-0.1, -0.05) is 19.1 Å². The van der Waals surface area contributed by atoms with Gasteiger partial charge in [-0.25, -0.2) is 9.97 Å². The minimum Gasteiger partial charge on any atom is -0.364 e. The standard InChI is InChI=1S/C22H26N8O2/c1-4-14(24-2)21(32)26-15-7-5-6-8-16(15)27-22-25-11-12-9-10-13-18(20(23)31)29-30(3)19(13)17(12)28-22/h5-8,11,14,24H,4,9-10H2,1-3H3,(H2,23,31)(H,26,32)(H,25,27,28)/t14-/m0/s1. The van der Waals surface area contributed by atoms with Crippen molar-refractivity contribution in [2.24, 2.45) is 12.8 Å². The molecule has 2 amide bonds. The number of aryl methyl sites for hydroxylation is 2. The van der Waals surface area contributed by atoms with Crippen LogP contribution in [0.1, 0.15) is 35.0 Å². The number of aromatic nitrogens is 4. The number of hydrogen-bond acceptors (Lipinski definition) is 7. The van der Waals surface area contributed by atoms with Gasteiger partial charge >= 0.3 is 0 Å².